The highest BCUT2D eigenvalue weighted by atomic mass is 16.6. The van der Waals surface area contributed by atoms with Crippen molar-refractivity contribution < 1.29 is 37.8 Å². The minimum atomic E-state index is -0.519. The summed E-state index contributed by atoms with van der Waals surface area (Å²) >= 11 is 0. The van der Waals surface area contributed by atoms with Gasteiger partial charge in [0.05, 0.1) is 19.6 Å². The van der Waals surface area contributed by atoms with E-state index in [9.17, 15) is 9.59 Å². The number of alkyl carbamates (subject to hydrolysis) is 2. The number of pyridine rings is 3. The third-order valence-electron chi connectivity index (χ3n) is 23.9. The van der Waals surface area contributed by atoms with Crippen LogP contribution in [0, 0.1) is 20.8 Å². The van der Waals surface area contributed by atoms with Crippen molar-refractivity contribution in [2.45, 2.75) is 190 Å². The first-order chi connectivity index (χ1) is 61.8. The summed E-state index contributed by atoms with van der Waals surface area (Å²) < 4.78 is 40.9. The van der Waals surface area contributed by atoms with Gasteiger partial charge in [-0.15, -0.1) is 0 Å². The molecule has 35 nitrogen and oxygen atoms in total. The van der Waals surface area contributed by atoms with Crippen molar-refractivity contribution in [1.82, 2.24) is 113 Å². The number of nitrogens with zero attached hydrogens (tertiary/aromatic N) is 21. The number of carbonyl (C=O) groups excluding carboxylic acids is 2. The summed E-state index contributed by atoms with van der Waals surface area (Å²) in [6.07, 6.45) is 25.6. The lowest BCUT2D eigenvalue weighted by Crippen LogP contribution is -2.54. The quantitative estimate of drug-likeness (QED) is 0.0292. The number of fused-ring (bicyclic) bond motifs is 6. The maximum absolute atomic E-state index is 12.4. The number of nitrogens with two attached hydrogens (primary N) is 1. The number of aromatic nitrogens is 18. The molecule has 0 spiro atoms. The van der Waals surface area contributed by atoms with Crippen LogP contribution in [0.15, 0.2) is 184 Å². The molecule has 12 aromatic heterocycles. The SMILES string of the molecule is CC1(NC(=O)OC(C)(C)C)CCNCC1.CC[N+](CC)(CC)Cc1ccn2ncnc(Nc3ccc(Oc4ccn5ncnc5c4)c(C)c3)c12.Cc1cc(Nc2ncnn3ccc(CN4CCC(C)(N)CC4)c23)ccc1Oc1ccn2ncnc2c1.Cc1cc(Nc2ncnn3ccc(CN4CCC(C)(NC(=O)OC(C)(C)C)CC4)c23)ccc1Oc1ccn2ncnc2c1. The van der Waals surface area contributed by atoms with Gasteiger partial charge in [-0.25, -0.2) is 66.6 Å². The lowest BCUT2D eigenvalue weighted by Gasteiger charge is -2.40. The number of piperidine rings is 3. The van der Waals surface area contributed by atoms with Gasteiger partial charge in [0.25, 0.3) is 0 Å². The second kappa shape index (κ2) is 38.6. The fourth-order valence-corrected chi connectivity index (χ4v) is 16.2. The van der Waals surface area contributed by atoms with E-state index in [2.05, 4.69) is 174 Å². The molecule has 15 aromatic rings. The Bertz CT molecular complexity index is 6380. The van der Waals surface area contributed by atoms with Crippen molar-refractivity contribution in [3.05, 3.63) is 218 Å². The molecule has 3 aliphatic rings. The Kier molecular flexibility index (Phi) is 27.0. The Hall–Kier alpha value is -13.5. The van der Waals surface area contributed by atoms with Crippen molar-refractivity contribution in [3.63, 3.8) is 0 Å². The Balaban J connectivity index is 0.000000138. The van der Waals surface area contributed by atoms with Crippen molar-refractivity contribution in [2.24, 2.45) is 5.73 Å². The number of benzene rings is 3. The fourth-order valence-electron chi connectivity index (χ4n) is 16.2. The van der Waals surface area contributed by atoms with Gasteiger partial charge in [-0.2, -0.15) is 30.6 Å². The van der Waals surface area contributed by atoms with Crippen LogP contribution in [0.4, 0.5) is 44.1 Å². The van der Waals surface area contributed by atoms with Crippen LogP contribution < -0.4 is 51.8 Å². The standard InChI is InChI=1S/C31H37N9O3.C26H29N9O.C26H31N8O.C11H22N2O2/c1-21-16-23(6-7-25(21)42-24-9-13-39-26(17-24)32-19-34-39)36-28-27-22(8-12-40(27)35-20-33-28)18-38-14-10-31(5,11-15-38)37-29(41)43-30(2,3)4;1-18-13-20(3-4-22(18)36-21-6-10-34-23(14-21)28-16-30-34)32-25-24-19(5-9-35(24)31-17-29-25)15-33-11-7-26(2,27)8-12-33;1-5-34(6-2,7-3)16-20-10-12-33-25(20)26(28-18-30-33)31-21-8-9-23(19(4)14-21)35-22-11-13-32-24(15-22)27-17-29-32;1-10(2,3)15-9(14)13-11(4)5-7-12-8-6-11/h6-9,12-13,16-17,19-20H,10-11,14-15,18H2,1-5H3,(H,37,41)(H,33,35,36);3-6,9-10,13-14,16-17H,7-8,11-12,15,27H2,1-2H3,(H,29,31,32);8-15,17-18H,5-7,16H2,1-4H3,(H,28,30,31);12H,5-8H2,1-4H3,(H,13,14)/q;;+1;. The minimum Gasteiger partial charge on any atom is -0.457 e. The molecule has 0 bridgehead atoms. The second-order valence-electron chi connectivity index (χ2n) is 36.4. The second-order valence-corrected chi connectivity index (χ2v) is 36.4. The molecule has 18 rings (SSSR count). The molecule has 129 heavy (non-hydrogen) atoms. The summed E-state index contributed by atoms with van der Waals surface area (Å²) in [4.78, 5) is 55.2. The van der Waals surface area contributed by atoms with Crippen molar-refractivity contribution in [3.8, 4) is 34.5 Å². The zero-order chi connectivity index (χ0) is 90.8. The minimum absolute atomic E-state index is 0.0633. The van der Waals surface area contributed by atoms with Crippen LogP contribution >= 0.6 is 0 Å². The number of nitrogens with one attached hydrogen (secondary N) is 6. The molecule has 3 fully saturated rings. The number of rotatable bonds is 23. The van der Waals surface area contributed by atoms with E-state index in [0.717, 1.165) is 229 Å². The van der Waals surface area contributed by atoms with E-state index in [1.807, 2.05) is 192 Å². The van der Waals surface area contributed by atoms with Gasteiger partial charge in [0.1, 0.15) is 107 Å². The van der Waals surface area contributed by atoms with Crippen LogP contribution in [0.5, 0.6) is 34.5 Å². The largest absolute Gasteiger partial charge is 0.457 e. The first kappa shape index (κ1) is 90.3. The zero-order valence-corrected chi connectivity index (χ0v) is 76.4. The van der Waals surface area contributed by atoms with Crippen molar-refractivity contribution in [2.75, 3.05) is 74.9 Å². The molecule has 0 radical (unpaired) electrons. The predicted molar refractivity (Wildman–Crippen MR) is 496 cm³/mol. The maximum atomic E-state index is 12.4. The Morgan fingerprint density at radius 2 is 0.736 bits per heavy atom. The van der Waals surface area contributed by atoms with E-state index in [1.54, 1.807) is 32.5 Å². The van der Waals surface area contributed by atoms with Crippen molar-refractivity contribution in [1.29, 1.82) is 0 Å². The molecule has 35 heteroatoms. The molecule has 3 aliphatic heterocycles. The number of aryl methyl sites for hydroxylation is 3. The summed E-state index contributed by atoms with van der Waals surface area (Å²) in [7, 11) is 0. The molecule has 2 amide bonds. The third-order valence-corrected chi connectivity index (χ3v) is 23.9. The van der Waals surface area contributed by atoms with Crippen LogP contribution in [-0.2, 0) is 29.1 Å². The van der Waals surface area contributed by atoms with Gasteiger partial charge in [0.15, 0.2) is 34.4 Å². The predicted octanol–water partition coefficient (Wildman–Crippen LogP) is 16.1. The summed E-state index contributed by atoms with van der Waals surface area (Å²) in [5, 5.41) is 45.4. The molecule has 676 valence electrons. The van der Waals surface area contributed by atoms with E-state index in [0.29, 0.717) is 17.2 Å². The summed E-state index contributed by atoms with van der Waals surface area (Å²) in [5.74, 6) is 6.74. The van der Waals surface area contributed by atoms with Gasteiger partial charge in [0, 0.05) is 134 Å². The molecule has 0 atom stereocenters. The van der Waals surface area contributed by atoms with E-state index >= 15 is 0 Å². The van der Waals surface area contributed by atoms with Crippen LogP contribution in [0.25, 0.3) is 33.5 Å². The maximum Gasteiger partial charge on any atom is 0.408 e. The Labute approximate surface area is 750 Å². The summed E-state index contributed by atoms with van der Waals surface area (Å²) in [6, 6.07) is 35.6. The van der Waals surface area contributed by atoms with Crippen LogP contribution in [-0.4, -0.2) is 201 Å². The summed E-state index contributed by atoms with van der Waals surface area (Å²) in [5.41, 5.74) is 19.4. The van der Waals surface area contributed by atoms with Gasteiger partial charge in [-0.3, -0.25) is 9.80 Å². The van der Waals surface area contributed by atoms with Gasteiger partial charge in [-0.1, -0.05) is 0 Å². The van der Waals surface area contributed by atoms with Crippen LogP contribution in [0.1, 0.15) is 155 Å². The van der Waals surface area contributed by atoms with Gasteiger partial charge in [0.2, 0.25) is 0 Å². The number of ether oxygens (including phenoxy) is 5. The number of hydrogen-bond acceptors (Lipinski definition) is 26. The van der Waals surface area contributed by atoms with Crippen molar-refractivity contribution >= 4 is 80.2 Å². The first-order valence-electron chi connectivity index (χ1n) is 44.1. The molecule has 8 N–H and O–H groups in total. The Morgan fingerprint density at radius 3 is 1.09 bits per heavy atom. The normalized spacial score (nSPS) is 15.3. The highest BCUT2D eigenvalue weighted by Gasteiger charge is 2.35. The van der Waals surface area contributed by atoms with Crippen LogP contribution in [0.2, 0.25) is 0 Å². The summed E-state index contributed by atoms with van der Waals surface area (Å²) in [6.45, 7) is 41.8. The van der Waals surface area contributed by atoms with Crippen LogP contribution in [0.3, 0.4) is 0 Å². The van der Waals surface area contributed by atoms with E-state index in [1.165, 1.54) is 30.1 Å². The molecule has 0 aliphatic carbocycles. The van der Waals surface area contributed by atoms with E-state index < -0.39 is 11.2 Å². The van der Waals surface area contributed by atoms with E-state index in [4.69, 9.17) is 29.4 Å². The molecular formula is C94H119N28O7+. The Morgan fingerprint density at radius 1 is 0.419 bits per heavy atom. The molecule has 0 unspecified atom stereocenters. The number of amides is 2. The van der Waals surface area contributed by atoms with Gasteiger partial charge in [-0.05, 0) is 274 Å². The topological polar surface area (TPSA) is 366 Å². The molecule has 3 aromatic carbocycles. The first-order valence-corrected chi connectivity index (χ1v) is 44.1. The molecule has 0 saturated carbocycles. The highest BCUT2D eigenvalue weighted by Crippen LogP contribution is 2.37. The van der Waals surface area contributed by atoms with Gasteiger partial charge >= 0.3 is 12.2 Å². The highest BCUT2D eigenvalue weighted by molar-refractivity contribution is 5.80. The number of quaternary nitrogens is 1. The lowest BCUT2D eigenvalue weighted by molar-refractivity contribution is -0.936. The number of hydrogen-bond donors (Lipinski definition) is 7. The number of anilines is 6. The number of carbonyl (C=O) groups is 2. The third kappa shape index (κ3) is 22.9. The average molecular weight is 1750 g/mol. The van der Waals surface area contributed by atoms with E-state index in [-0.39, 0.29) is 28.8 Å². The fraction of sp³-hybridized carbons (Fsp3) is 0.404. The molecule has 15 heterocycles. The lowest BCUT2D eigenvalue weighted by atomic mass is 9.89. The average Bonchev–Trinajstić information content (AvgIpc) is 1.64. The van der Waals surface area contributed by atoms with Gasteiger partial charge < -0.3 is 65.8 Å². The molecular weight excluding hydrogens is 1630 g/mol. The molecule has 3 saturated heterocycles. The monoisotopic (exact) mass is 1750 g/mol. The smallest absolute Gasteiger partial charge is 0.408 e. The number of likely N-dealkylation sites (tertiary alicyclic amines) is 2. The zero-order valence-electron chi connectivity index (χ0n) is 76.4.